The van der Waals surface area contributed by atoms with Crippen LogP contribution in [0.5, 0.6) is 0 Å². The Labute approximate surface area is 130 Å². The van der Waals surface area contributed by atoms with Gasteiger partial charge in [0.1, 0.15) is 0 Å². The van der Waals surface area contributed by atoms with Gasteiger partial charge in [-0.3, -0.25) is 9.69 Å². The average molecular weight is 295 g/mol. The number of anilines is 1. The lowest BCUT2D eigenvalue weighted by Gasteiger charge is -2.23. The van der Waals surface area contributed by atoms with Crippen LogP contribution in [-0.4, -0.2) is 22.0 Å². The third kappa shape index (κ3) is 1.76. The molecular weight excluding hydrogens is 274 g/mol. The number of fused-ring (bicyclic) bond motifs is 5. The predicted molar refractivity (Wildman–Crippen MR) is 85.6 cm³/mol. The van der Waals surface area contributed by atoms with Crippen LogP contribution in [0.3, 0.4) is 0 Å². The summed E-state index contributed by atoms with van der Waals surface area (Å²) in [5, 5.41) is 0. The van der Waals surface area contributed by atoms with E-state index in [1.807, 2.05) is 23.1 Å². The molecule has 0 N–H and O–H groups in total. The molecule has 0 spiro atoms. The SMILES string of the molecule is O=C(C[C@H]1C[C@H]2CC[C@H]1C2)N1CCn2c1nc1ccccc12. The van der Waals surface area contributed by atoms with Crippen molar-refractivity contribution >= 4 is 22.9 Å². The molecule has 3 aliphatic rings. The first-order chi connectivity index (χ1) is 10.8. The van der Waals surface area contributed by atoms with Gasteiger partial charge in [0.25, 0.3) is 0 Å². The molecule has 2 aliphatic carbocycles. The van der Waals surface area contributed by atoms with Gasteiger partial charge in [-0.25, -0.2) is 4.98 Å². The molecule has 0 radical (unpaired) electrons. The van der Waals surface area contributed by atoms with Crippen LogP contribution in [0.4, 0.5) is 5.95 Å². The molecule has 1 aliphatic heterocycles. The van der Waals surface area contributed by atoms with Crippen LogP contribution in [0.15, 0.2) is 24.3 Å². The molecule has 2 fully saturated rings. The minimum absolute atomic E-state index is 0.284. The molecule has 0 saturated heterocycles. The lowest BCUT2D eigenvalue weighted by molar-refractivity contribution is -0.119. The topological polar surface area (TPSA) is 38.1 Å². The summed E-state index contributed by atoms with van der Waals surface area (Å²) in [6, 6.07) is 8.17. The fourth-order valence-electron chi connectivity index (χ4n) is 4.99. The molecule has 5 rings (SSSR count). The second kappa shape index (κ2) is 4.58. The van der Waals surface area contributed by atoms with Gasteiger partial charge in [0.15, 0.2) is 0 Å². The molecule has 2 heterocycles. The zero-order valence-corrected chi connectivity index (χ0v) is 12.7. The van der Waals surface area contributed by atoms with E-state index in [0.717, 1.165) is 48.3 Å². The highest BCUT2D eigenvalue weighted by molar-refractivity contribution is 5.95. The van der Waals surface area contributed by atoms with Crippen molar-refractivity contribution in [3.63, 3.8) is 0 Å². The van der Waals surface area contributed by atoms with Crippen LogP contribution in [0.2, 0.25) is 0 Å². The Morgan fingerprint density at radius 3 is 2.91 bits per heavy atom. The summed E-state index contributed by atoms with van der Waals surface area (Å²) in [4.78, 5) is 19.4. The molecule has 1 aromatic carbocycles. The van der Waals surface area contributed by atoms with Gasteiger partial charge in [0.05, 0.1) is 11.0 Å². The number of benzene rings is 1. The second-order valence-electron chi connectivity index (χ2n) is 7.24. The molecule has 4 nitrogen and oxygen atoms in total. The number of hydrogen-bond donors (Lipinski definition) is 0. The van der Waals surface area contributed by atoms with E-state index in [4.69, 9.17) is 0 Å². The second-order valence-corrected chi connectivity index (χ2v) is 7.24. The van der Waals surface area contributed by atoms with Crippen LogP contribution in [-0.2, 0) is 11.3 Å². The lowest BCUT2D eigenvalue weighted by Crippen LogP contribution is -2.32. The average Bonchev–Trinajstić information content (AvgIpc) is 3.26. The van der Waals surface area contributed by atoms with Crippen molar-refractivity contribution in [2.75, 3.05) is 11.4 Å². The molecule has 3 atom stereocenters. The number of amides is 1. The van der Waals surface area contributed by atoms with Crippen LogP contribution < -0.4 is 4.90 Å². The highest BCUT2D eigenvalue weighted by Gasteiger charge is 2.41. The first-order valence-electron chi connectivity index (χ1n) is 8.55. The van der Waals surface area contributed by atoms with Crippen molar-refractivity contribution in [3.8, 4) is 0 Å². The van der Waals surface area contributed by atoms with E-state index < -0.39 is 0 Å². The summed E-state index contributed by atoms with van der Waals surface area (Å²) in [6.07, 6.45) is 6.12. The standard InChI is InChI=1S/C18H21N3O/c22-17(11-14-10-12-5-6-13(14)9-12)21-8-7-20-16-4-2-1-3-15(16)19-18(20)21/h1-4,12-14H,5-11H2/t12-,13-,14+/m0/s1. The Balaban J connectivity index is 1.40. The van der Waals surface area contributed by atoms with Crippen LogP contribution in [0.25, 0.3) is 11.0 Å². The molecule has 1 amide bonds. The minimum atomic E-state index is 0.284. The molecule has 0 unspecified atom stereocenters. The van der Waals surface area contributed by atoms with Crippen LogP contribution >= 0.6 is 0 Å². The van der Waals surface area contributed by atoms with Crippen molar-refractivity contribution in [1.29, 1.82) is 0 Å². The summed E-state index contributed by atoms with van der Waals surface area (Å²) >= 11 is 0. The molecule has 2 bridgehead atoms. The number of rotatable bonds is 2. The number of carbonyl (C=O) groups excluding carboxylic acids is 1. The Kier molecular flexibility index (Phi) is 2.64. The fraction of sp³-hybridized carbons (Fsp3) is 0.556. The quantitative estimate of drug-likeness (QED) is 0.853. The van der Waals surface area contributed by atoms with E-state index in [1.54, 1.807) is 0 Å². The van der Waals surface area contributed by atoms with E-state index in [1.165, 1.54) is 25.7 Å². The molecule has 4 heteroatoms. The Hall–Kier alpha value is -1.84. The highest BCUT2D eigenvalue weighted by Crippen LogP contribution is 2.49. The van der Waals surface area contributed by atoms with Gasteiger partial charge in [-0.2, -0.15) is 0 Å². The van der Waals surface area contributed by atoms with Gasteiger partial charge in [-0.15, -0.1) is 0 Å². The van der Waals surface area contributed by atoms with Crippen molar-refractivity contribution < 1.29 is 4.79 Å². The molecular formula is C18H21N3O. The normalized spacial score (nSPS) is 29.5. The van der Waals surface area contributed by atoms with E-state index in [-0.39, 0.29) is 5.91 Å². The number of aromatic nitrogens is 2. The van der Waals surface area contributed by atoms with Gasteiger partial charge in [-0.1, -0.05) is 18.6 Å². The van der Waals surface area contributed by atoms with Gasteiger partial charge in [0.2, 0.25) is 11.9 Å². The summed E-state index contributed by atoms with van der Waals surface area (Å²) in [7, 11) is 0. The van der Waals surface area contributed by atoms with Crippen molar-refractivity contribution in [1.82, 2.24) is 9.55 Å². The van der Waals surface area contributed by atoms with E-state index in [0.29, 0.717) is 5.92 Å². The Bertz CT molecular complexity index is 750. The lowest BCUT2D eigenvalue weighted by atomic mass is 9.86. The monoisotopic (exact) mass is 295 g/mol. The minimum Gasteiger partial charge on any atom is -0.308 e. The summed E-state index contributed by atoms with van der Waals surface area (Å²) in [5.41, 5.74) is 2.14. The first-order valence-corrected chi connectivity index (χ1v) is 8.55. The van der Waals surface area contributed by atoms with Gasteiger partial charge >= 0.3 is 0 Å². The predicted octanol–water partition coefficient (Wildman–Crippen LogP) is 3.21. The maximum Gasteiger partial charge on any atom is 0.229 e. The molecule has 114 valence electrons. The number of hydrogen-bond acceptors (Lipinski definition) is 2. The van der Waals surface area contributed by atoms with E-state index in [9.17, 15) is 4.79 Å². The maximum atomic E-state index is 12.8. The van der Waals surface area contributed by atoms with Gasteiger partial charge in [-0.05, 0) is 49.1 Å². The van der Waals surface area contributed by atoms with Crippen molar-refractivity contribution in [2.45, 2.75) is 38.6 Å². The largest absolute Gasteiger partial charge is 0.308 e. The molecule has 22 heavy (non-hydrogen) atoms. The summed E-state index contributed by atoms with van der Waals surface area (Å²) in [6.45, 7) is 1.66. The molecule has 1 aromatic heterocycles. The van der Waals surface area contributed by atoms with E-state index >= 15 is 0 Å². The Morgan fingerprint density at radius 1 is 1.18 bits per heavy atom. The van der Waals surface area contributed by atoms with Gasteiger partial charge < -0.3 is 4.57 Å². The molecule has 2 aromatic rings. The van der Waals surface area contributed by atoms with Crippen molar-refractivity contribution in [2.24, 2.45) is 17.8 Å². The van der Waals surface area contributed by atoms with E-state index in [2.05, 4.69) is 15.6 Å². The third-order valence-electron chi connectivity index (χ3n) is 6.05. The summed E-state index contributed by atoms with van der Waals surface area (Å²) in [5.74, 6) is 3.49. The molecule has 2 saturated carbocycles. The highest BCUT2D eigenvalue weighted by atomic mass is 16.2. The first kappa shape index (κ1) is 12.7. The van der Waals surface area contributed by atoms with Crippen molar-refractivity contribution in [3.05, 3.63) is 24.3 Å². The third-order valence-corrected chi connectivity index (χ3v) is 6.05. The van der Waals surface area contributed by atoms with Crippen LogP contribution in [0.1, 0.15) is 32.1 Å². The van der Waals surface area contributed by atoms with Crippen LogP contribution in [0, 0.1) is 17.8 Å². The number of carbonyl (C=O) groups is 1. The number of nitrogens with zero attached hydrogens (tertiary/aromatic N) is 3. The Morgan fingerprint density at radius 2 is 2.09 bits per heavy atom. The smallest absolute Gasteiger partial charge is 0.229 e. The number of imidazole rings is 1. The maximum absolute atomic E-state index is 12.8. The zero-order valence-electron chi connectivity index (χ0n) is 12.7. The summed E-state index contributed by atoms with van der Waals surface area (Å²) < 4.78 is 2.19. The zero-order chi connectivity index (χ0) is 14.7. The van der Waals surface area contributed by atoms with Gasteiger partial charge in [0, 0.05) is 19.5 Å². The fourth-order valence-corrected chi connectivity index (χ4v) is 4.99. The number of para-hydroxylation sites is 2.